The van der Waals surface area contributed by atoms with E-state index in [2.05, 4.69) is 5.16 Å². The van der Waals surface area contributed by atoms with Crippen molar-refractivity contribution in [1.29, 1.82) is 0 Å². The third-order valence-electron chi connectivity index (χ3n) is 2.59. The van der Waals surface area contributed by atoms with E-state index in [0.717, 1.165) is 5.56 Å². The first-order valence-electron chi connectivity index (χ1n) is 5.55. The van der Waals surface area contributed by atoms with Crippen LogP contribution in [0.4, 0.5) is 5.69 Å². The molecule has 1 aromatic heterocycles. The van der Waals surface area contributed by atoms with Crippen LogP contribution in [-0.2, 0) is 0 Å². The molecule has 0 saturated carbocycles. The fraction of sp³-hybridized carbons (Fsp3) is 0.154. The molecule has 2 aromatic rings. The van der Waals surface area contributed by atoms with Crippen molar-refractivity contribution in [3.63, 3.8) is 0 Å². The average Bonchev–Trinajstić information content (AvgIpc) is 2.78. The van der Waals surface area contributed by atoms with E-state index >= 15 is 0 Å². The topological polar surface area (TPSA) is 78.4 Å². The molecule has 1 heterocycles. The fourth-order valence-electron chi connectivity index (χ4n) is 1.68. The summed E-state index contributed by atoms with van der Waals surface area (Å²) in [5.41, 5.74) is 0.934. The Morgan fingerprint density at radius 3 is 2.79 bits per heavy atom. The van der Waals surface area contributed by atoms with Crippen molar-refractivity contribution < 1.29 is 14.2 Å². The van der Waals surface area contributed by atoms with Gasteiger partial charge in [0.05, 0.1) is 12.0 Å². The average molecular weight is 260 g/mol. The second-order valence-electron chi connectivity index (χ2n) is 3.81. The van der Waals surface area contributed by atoms with Crippen molar-refractivity contribution in [3.8, 4) is 5.75 Å². The number of hydrogen-bond acceptors (Lipinski definition) is 5. The number of nitro groups is 1. The van der Waals surface area contributed by atoms with Gasteiger partial charge in [-0.15, -0.1) is 0 Å². The Morgan fingerprint density at radius 1 is 1.37 bits per heavy atom. The number of para-hydroxylation sites is 1. The largest absolute Gasteiger partial charge is 0.496 e. The van der Waals surface area contributed by atoms with Crippen LogP contribution in [0, 0.1) is 17.0 Å². The van der Waals surface area contributed by atoms with Gasteiger partial charge in [-0.2, -0.15) is 0 Å². The van der Waals surface area contributed by atoms with Crippen LogP contribution in [-0.4, -0.2) is 17.2 Å². The van der Waals surface area contributed by atoms with Crippen molar-refractivity contribution in [2.75, 3.05) is 7.11 Å². The van der Waals surface area contributed by atoms with Crippen molar-refractivity contribution in [2.45, 2.75) is 6.92 Å². The fourth-order valence-corrected chi connectivity index (χ4v) is 1.68. The van der Waals surface area contributed by atoms with Crippen LogP contribution in [0.2, 0.25) is 0 Å². The predicted molar refractivity (Wildman–Crippen MR) is 69.8 cm³/mol. The van der Waals surface area contributed by atoms with E-state index in [1.807, 2.05) is 18.2 Å². The smallest absolute Gasteiger partial charge is 0.338 e. The van der Waals surface area contributed by atoms with Gasteiger partial charge in [-0.3, -0.25) is 10.1 Å². The van der Waals surface area contributed by atoms with Crippen LogP contribution in [0.3, 0.4) is 0 Å². The monoisotopic (exact) mass is 260 g/mol. The number of benzene rings is 1. The van der Waals surface area contributed by atoms with E-state index in [4.69, 9.17) is 9.26 Å². The summed E-state index contributed by atoms with van der Waals surface area (Å²) in [6.07, 6.45) is 3.20. The van der Waals surface area contributed by atoms with E-state index in [9.17, 15) is 10.1 Å². The molecule has 0 aliphatic carbocycles. The summed E-state index contributed by atoms with van der Waals surface area (Å²) in [5, 5.41) is 14.5. The zero-order chi connectivity index (χ0) is 13.8. The van der Waals surface area contributed by atoms with Crippen LogP contribution in [0.5, 0.6) is 5.75 Å². The van der Waals surface area contributed by atoms with E-state index < -0.39 is 4.92 Å². The first kappa shape index (κ1) is 12.8. The van der Waals surface area contributed by atoms with Gasteiger partial charge in [0.1, 0.15) is 5.75 Å². The number of hydrogen-bond donors (Lipinski definition) is 0. The molecule has 1 aromatic carbocycles. The lowest BCUT2D eigenvalue weighted by atomic mass is 10.1. The minimum atomic E-state index is -0.506. The Balaban J connectivity index is 2.36. The van der Waals surface area contributed by atoms with Crippen LogP contribution in [0.15, 0.2) is 28.8 Å². The highest BCUT2D eigenvalue weighted by molar-refractivity contribution is 5.74. The SMILES string of the molecule is COc1ccccc1/C=C\c1onc(C)c1[N+](=O)[O-]. The standard InChI is InChI=1S/C13H12N2O4/c1-9-13(15(16)17)12(19-14-9)8-7-10-5-3-4-6-11(10)18-2/h3-8H,1-2H3/b8-7-. The molecule has 0 N–H and O–H groups in total. The molecule has 0 amide bonds. The van der Waals surface area contributed by atoms with Crippen LogP contribution < -0.4 is 4.74 Å². The van der Waals surface area contributed by atoms with Gasteiger partial charge in [0.2, 0.25) is 5.76 Å². The summed E-state index contributed by atoms with van der Waals surface area (Å²) in [7, 11) is 1.56. The molecule has 98 valence electrons. The highest BCUT2D eigenvalue weighted by Crippen LogP contribution is 2.26. The van der Waals surface area contributed by atoms with E-state index in [0.29, 0.717) is 5.75 Å². The molecule has 0 bridgehead atoms. The molecule has 0 fully saturated rings. The van der Waals surface area contributed by atoms with Gasteiger partial charge >= 0.3 is 5.69 Å². The molecule has 6 nitrogen and oxygen atoms in total. The molecular weight excluding hydrogens is 248 g/mol. The number of aryl methyl sites for hydroxylation is 1. The molecule has 2 rings (SSSR count). The summed E-state index contributed by atoms with van der Waals surface area (Å²) in [6, 6.07) is 7.34. The Morgan fingerprint density at radius 2 is 2.11 bits per heavy atom. The van der Waals surface area contributed by atoms with Gasteiger partial charge in [0.25, 0.3) is 0 Å². The highest BCUT2D eigenvalue weighted by Gasteiger charge is 2.21. The summed E-state index contributed by atoms with van der Waals surface area (Å²) in [4.78, 5) is 10.4. The number of aromatic nitrogens is 1. The predicted octanol–water partition coefficient (Wildman–Crippen LogP) is 3.07. The molecular formula is C13H12N2O4. The van der Waals surface area contributed by atoms with Gasteiger partial charge in [0.15, 0.2) is 5.69 Å². The third kappa shape index (κ3) is 2.62. The lowest BCUT2D eigenvalue weighted by Gasteiger charge is -2.02. The lowest BCUT2D eigenvalue weighted by Crippen LogP contribution is -1.90. The molecule has 6 heteroatoms. The van der Waals surface area contributed by atoms with Gasteiger partial charge in [-0.25, -0.2) is 0 Å². The van der Waals surface area contributed by atoms with Crippen molar-refractivity contribution in [3.05, 3.63) is 51.4 Å². The van der Waals surface area contributed by atoms with Gasteiger partial charge in [-0.05, 0) is 25.1 Å². The Kier molecular flexibility index (Phi) is 3.61. The minimum absolute atomic E-state index is 0.119. The third-order valence-corrected chi connectivity index (χ3v) is 2.59. The zero-order valence-corrected chi connectivity index (χ0v) is 10.5. The molecule has 0 aliphatic heterocycles. The maximum Gasteiger partial charge on any atom is 0.338 e. The molecule has 0 spiro atoms. The van der Waals surface area contributed by atoms with E-state index in [1.54, 1.807) is 19.3 Å². The molecule has 0 unspecified atom stereocenters. The van der Waals surface area contributed by atoms with Crippen molar-refractivity contribution in [2.24, 2.45) is 0 Å². The first-order chi connectivity index (χ1) is 9.13. The van der Waals surface area contributed by atoms with Crippen LogP contribution >= 0.6 is 0 Å². The molecule has 19 heavy (non-hydrogen) atoms. The number of nitrogens with zero attached hydrogens (tertiary/aromatic N) is 2. The number of ether oxygens (including phenoxy) is 1. The molecule has 0 saturated heterocycles. The van der Waals surface area contributed by atoms with Gasteiger partial charge < -0.3 is 9.26 Å². The lowest BCUT2D eigenvalue weighted by molar-refractivity contribution is -0.386. The van der Waals surface area contributed by atoms with Crippen LogP contribution in [0.25, 0.3) is 12.2 Å². The second-order valence-corrected chi connectivity index (χ2v) is 3.81. The molecule has 0 atom stereocenters. The van der Waals surface area contributed by atoms with Crippen molar-refractivity contribution >= 4 is 17.8 Å². The van der Waals surface area contributed by atoms with Crippen LogP contribution in [0.1, 0.15) is 17.0 Å². The first-order valence-corrected chi connectivity index (χ1v) is 5.55. The second kappa shape index (κ2) is 5.34. The quantitative estimate of drug-likeness (QED) is 0.623. The van der Waals surface area contributed by atoms with E-state index in [-0.39, 0.29) is 17.1 Å². The van der Waals surface area contributed by atoms with Crippen molar-refractivity contribution in [1.82, 2.24) is 5.16 Å². The van der Waals surface area contributed by atoms with E-state index in [1.165, 1.54) is 13.0 Å². The summed E-state index contributed by atoms with van der Waals surface area (Å²) < 4.78 is 10.1. The summed E-state index contributed by atoms with van der Waals surface area (Å²) in [5.74, 6) is 0.797. The maximum absolute atomic E-state index is 10.9. The summed E-state index contributed by atoms with van der Waals surface area (Å²) >= 11 is 0. The Bertz CT molecular complexity index is 631. The summed E-state index contributed by atoms with van der Waals surface area (Å²) in [6.45, 7) is 1.53. The zero-order valence-electron chi connectivity index (χ0n) is 10.5. The maximum atomic E-state index is 10.9. The Hall–Kier alpha value is -2.63. The normalized spacial score (nSPS) is 10.8. The highest BCUT2D eigenvalue weighted by atomic mass is 16.6. The number of methoxy groups -OCH3 is 1. The minimum Gasteiger partial charge on any atom is -0.496 e. The molecule has 0 aliphatic rings. The van der Waals surface area contributed by atoms with Gasteiger partial charge in [0, 0.05) is 5.56 Å². The Labute approximate surface area is 109 Å². The number of rotatable bonds is 4. The molecule has 0 radical (unpaired) electrons. The van der Waals surface area contributed by atoms with Gasteiger partial charge in [-0.1, -0.05) is 23.4 Å².